The molecule has 0 saturated heterocycles. The lowest BCUT2D eigenvalue weighted by Crippen LogP contribution is -2.36. The van der Waals surface area contributed by atoms with Crippen LogP contribution in [0.4, 0.5) is 14.9 Å². The lowest BCUT2D eigenvalue weighted by atomic mass is 9.93. The Morgan fingerprint density at radius 3 is 2.64 bits per heavy atom. The van der Waals surface area contributed by atoms with Gasteiger partial charge in [-0.05, 0) is 30.5 Å². The van der Waals surface area contributed by atoms with Crippen LogP contribution in [0.25, 0.3) is 0 Å². The average molecular weight is 344 g/mol. The molecule has 25 heavy (non-hydrogen) atoms. The molecular weight excluding hydrogens is 323 g/mol. The van der Waals surface area contributed by atoms with E-state index in [1.54, 1.807) is 0 Å². The molecule has 0 radical (unpaired) electrons. The molecule has 1 saturated carbocycles. The first-order valence-corrected chi connectivity index (χ1v) is 8.15. The molecule has 0 aliphatic heterocycles. The summed E-state index contributed by atoms with van der Waals surface area (Å²) in [5.41, 5.74) is 0.757. The highest BCUT2D eigenvalue weighted by atomic mass is 19.1. The molecule has 2 amide bonds. The van der Waals surface area contributed by atoms with E-state index in [9.17, 15) is 14.3 Å². The van der Waals surface area contributed by atoms with Crippen molar-refractivity contribution in [1.29, 1.82) is 0 Å². The molecule has 5 nitrogen and oxygen atoms in total. The lowest BCUT2D eigenvalue weighted by Gasteiger charge is -2.23. The van der Waals surface area contributed by atoms with Gasteiger partial charge in [-0.3, -0.25) is 0 Å². The zero-order valence-corrected chi connectivity index (χ0v) is 14.0. The number of ether oxygens (including phenoxy) is 1. The van der Waals surface area contributed by atoms with Gasteiger partial charge in [0.05, 0.1) is 18.9 Å². The number of amides is 2. The van der Waals surface area contributed by atoms with Crippen molar-refractivity contribution in [2.24, 2.45) is 5.41 Å². The van der Waals surface area contributed by atoms with Crippen LogP contribution in [0.5, 0.6) is 5.75 Å². The summed E-state index contributed by atoms with van der Waals surface area (Å²) in [7, 11) is 1.45. The van der Waals surface area contributed by atoms with Crippen molar-refractivity contribution in [2.45, 2.75) is 18.9 Å². The number of anilines is 1. The Labute approximate surface area is 145 Å². The van der Waals surface area contributed by atoms with Crippen LogP contribution in [0, 0.1) is 11.2 Å². The molecule has 6 heteroatoms. The van der Waals surface area contributed by atoms with E-state index in [1.807, 2.05) is 30.3 Å². The van der Waals surface area contributed by atoms with Crippen LogP contribution in [-0.2, 0) is 0 Å². The third-order valence-electron chi connectivity index (χ3n) is 4.60. The van der Waals surface area contributed by atoms with Gasteiger partial charge >= 0.3 is 6.03 Å². The number of carbonyl (C=O) groups is 1. The SMILES string of the molecule is COc1ccc(F)cc1NC(=O)NCC1(C(O)c2ccccc2)CC1. The van der Waals surface area contributed by atoms with E-state index in [0.717, 1.165) is 18.4 Å². The Bertz CT molecular complexity index is 748. The fourth-order valence-corrected chi connectivity index (χ4v) is 2.90. The van der Waals surface area contributed by atoms with Crippen LogP contribution in [0.1, 0.15) is 24.5 Å². The van der Waals surface area contributed by atoms with Crippen molar-refractivity contribution in [1.82, 2.24) is 5.32 Å². The van der Waals surface area contributed by atoms with E-state index in [1.165, 1.54) is 25.3 Å². The molecule has 132 valence electrons. The summed E-state index contributed by atoms with van der Waals surface area (Å²) < 4.78 is 18.5. The molecule has 1 aliphatic rings. The first-order valence-electron chi connectivity index (χ1n) is 8.15. The number of benzene rings is 2. The van der Waals surface area contributed by atoms with Gasteiger partial charge in [0, 0.05) is 18.0 Å². The van der Waals surface area contributed by atoms with Crippen molar-refractivity contribution >= 4 is 11.7 Å². The predicted molar refractivity (Wildman–Crippen MR) is 93.0 cm³/mol. The van der Waals surface area contributed by atoms with E-state index in [-0.39, 0.29) is 11.1 Å². The molecule has 1 atom stereocenters. The molecule has 1 unspecified atom stereocenters. The number of urea groups is 1. The van der Waals surface area contributed by atoms with Gasteiger partial charge in [0.1, 0.15) is 11.6 Å². The maximum atomic E-state index is 13.4. The van der Waals surface area contributed by atoms with Gasteiger partial charge in [0.2, 0.25) is 0 Å². The third-order valence-corrected chi connectivity index (χ3v) is 4.60. The van der Waals surface area contributed by atoms with Crippen molar-refractivity contribution in [2.75, 3.05) is 19.0 Å². The molecule has 0 aromatic heterocycles. The van der Waals surface area contributed by atoms with Gasteiger partial charge in [-0.15, -0.1) is 0 Å². The maximum absolute atomic E-state index is 13.4. The second-order valence-corrected chi connectivity index (χ2v) is 6.33. The van der Waals surface area contributed by atoms with Crippen molar-refractivity contribution in [3.8, 4) is 5.75 Å². The fourth-order valence-electron chi connectivity index (χ4n) is 2.90. The highest BCUT2D eigenvalue weighted by molar-refractivity contribution is 5.90. The van der Waals surface area contributed by atoms with E-state index >= 15 is 0 Å². The highest BCUT2D eigenvalue weighted by Gasteiger charge is 2.49. The van der Waals surface area contributed by atoms with Crippen molar-refractivity contribution in [3.63, 3.8) is 0 Å². The first-order chi connectivity index (χ1) is 12.0. The Morgan fingerprint density at radius 2 is 2.00 bits per heavy atom. The van der Waals surface area contributed by atoms with Crippen LogP contribution < -0.4 is 15.4 Å². The summed E-state index contributed by atoms with van der Waals surface area (Å²) in [6.07, 6.45) is 1.05. The summed E-state index contributed by atoms with van der Waals surface area (Å²) in [4.78, 5) is 12.1. The van der Waals surface area contributed by atoms with Gasteiger partial charge in [-0.1, -0.05) is 30.3 Å². The van der Waals surface area contributed by atoms with Crippen LogP contribution >= 0.6 is 0 Å². The van der Waals surface area contributed by atoms with Gasteiger partial charge < -0.3 is 20.5 Å². The Kier molecular flexibility index (Phi) is 4.90. The molecule has 3 rings (SSSR count). The average Bonchev–Trinajstić information content (AvgIpc) is 3.41. The van der Waals surface area contributed by atoms with Crippen LogP contribution in [0.3, 0.4) is 0 Å². The summed E-state index contributed by atoms with van der Waals surface area (Å²) in [6, 6.07) is 12.9. The number of aliphatic hydroxyl groups is 1. The number of rotatable bonds is 6. The Hall–Kier alpha value is -2.60. The zero-order chi connectivity index (χ0) is 17.9. The fraction of sp³-hybridized carbons (Fsp3) is 0.316. The Morgan fingerprint density at radius 1 is 1.28 bits per heavy atom. The number of nitrogens with one attached hydrogen (secondary N) is 2. The quantitative estimate of drug-likeness (QED) is 0.751. The smallest absolute Gasteiger partial charge is 0.319 e. The minimum Gasteiger partial charge on any atom is -0.495 e. The van der Waals surface area contributed by atoms with E-state index in [0.29, 0.717) is 12.3 Å². The van der Waals surface area contributed by atoms with E-state index in [4.69, 9.17) is 4.74 Å². The predicted octanol–water partition coefficient (Wildman–Crippen LogP) is 3.47. The first kappa shape index (κ1) is 17.2. The third kappa shape index (κ3) is 3.91. The van der Waals surface area contributed by atoms with Gasteiger partial charge in [0.15, 0.2) is 0 Å². The van der Waals surface area contributed by atoms with Crippen molar-refractivity contribution < 1.29 is 19.0 Å². The summed E-state index contributed by atoms with van der Waals surface area (Å²) >= 11 is 0. The van der Waals surface area contributed by atoms with Crippen LogP contribution in [0.15, 0.2) is 48.5 Å². The number of halogens is 1. The standard InChI is InChI=1S/C19H21FN2O3/c1-25-16-8-7-14(20)11-15(16)22-18(24)21-12-19(9-10-19)17(23)13-5-3-2-4-6-13/h2-8,11,17,23H,9-10,12H2,1H3,(H2,21,22,24). The molecular formula is C19H21FN2O3. The molecule has 3 N–H and O–H groups in total. The number of hydrogen-bond donors (Lipinski definition) is 3. The second kappa shape index (κ2) is 7.11. The molecule has 1 fully saturated rings. The monoisotopic (exact) mass is 344 g/mol. The molecule has 2 aromatic rings. The lowest BCUT2D eigenvalue weighted by molar-refractivity contribution is 0.0936. The van der Waals surface area contributed by atoms with Crippen LogP contribution in [-0.4, -0.2) is 24.8 Å². The molecule has 2 aromatic carbocycles. The van der Waals surface area contributed by atoms with E-state index in [2.05, 4.69) is 10.6 Å². The minimum absolute atomic E-state index is 0.258. The van der Waals surface area contributed by atoms with Gasteiger partial charge in [-0.25, -0.2) is 9.18 Å². The van der Waals surface area contributed by atoms with E-state index < -0.39 is 18.0 Å². The topological polar surface area (TPSA) is 70.6 Å². The van der Waals surface area contributed by atoms with Crippen LogP contribution in [0.2, 0.25) is 0 Å². The zero-order valence-electron chi connectivity index (χ0n) is 14.0. The highest BCUT2D eigenvalue weighted by Crippen LogP contribution is 2.54. The largest absolute Gasteiger partial charge is 0.495 e. The molecule has 0 heterocycles. The summed E-state index contributed by atoms with van der Waals surface area (Å²) in [5, 5.41) is 15.9. The maximum Gasteiger partial charge on any atom is 0.319 e. The number of methoxy groups -OCH3 is 1. The molecule has 0 spiro atoms. The molecule has 0 bridgehead atoms. The Balaban J connectivity index is 1.60. The number of carbonyl (C=O) groups excluding carboxylic acids is 1. The summed E-state index contributed by atoms with van der Waals surface area (Å²) in [5.74, 6) is -0.0868. The minimum atomic E-state index is -0.627. The van der Waals surface area contributed by atoms with Crippen molar-refractivity contribution in [3.05, 3.63) is 59.9 Å². The van der Waals surface area contributed by atoms with Gasteiger partial charge in [0.25, 0.3) is 0 Å². The van der Waals surface area contributed by atoms with Gasteiger partial charge in [-0.2, -0.15) is 0 Å². The summed E-state index contributed by atoms with van der Waals surface area (Å²) in [6.45, 7) is 0.340. The second-order valence-electron chi connectivity index (χ2n) is 6.33. The normalized spacial score (nSPS) is 16.0. The number of hydrogen-bond acceptors (Lipinski definition) is 3. The number of aliphatic hydroxyl groups excluding tert-OH is 1. The molecule has 1 aliphatic carbocycles.